The fraction of sp³-hybridized carbons (Fsp3) is 0.867. The number of allylic oxidation sites excluding steroid dienone is 2. The van der Waals surface area contributed by atoms with E-state index in [0.717, 1.165) is 32.2 Å². The van der Waals surface area contributed by atoms with Crippen molar-refractivity contribution < 1.29 is 4.74 Å². The average Bonchev–Trinajstić information content (AvgIpc) is 2.40. The second kappa shape index (κ2) is 7.27. The number of hydrogen-bond donors (Lipinski definition) is 1. The normalized spacial score (nSPS) is 31.4. The lowest BCUT2D eigenvalue weighted by atomic mass is 9.94. The minimum absolute atomic E-state index is 0.563. The monoisotopic (exact) mass is 252 g/mol. The van der Waals surface area contributed by atoms with Crippen molar-refractivity contribution in [2.24, 2.45) is 5.92 Å². The zero-order chi connectivity index (χ0) is 12.8. The van der Waals surface area contributed by atoms with Crippen LogP contribution in [-0.4, -0.2) is 49.8 Å². The molecule has 1 aliphatic carbocycles. The molecule has 104 valence electrons. The topological polar surface area (TPSA) is 24.5 Å². The summed E-state index contributed by atoms with van der Waals surface area (Å²) in [5.74, 6) is 0.851. The Balaban J connectivity index is 1.64. The van der Waals surface area contributed by atoms with Crippen LogP contribution in [0.5, 0.6) is 0 Å². The van der Waals surface area contributed by atoms with Gasteiger partial charge in [-0.15, -0.1) is 0 Å². The molecule has 1 heterocycles. The van der Waals surface area contributed by atoms with E-state index < -0.39 is 0 Å². The molecule has 0 bridgehead atoms. The Kier molecular flexibility index (Phi) is 5.67. The summed E-state index contributed by atoms with van der Waals surface area (Å²) in [6.07, 6.45) is 8.53. The Morgan fingerprint density at radius 2 is 2.33 bits per heavy atom. The molecule has 3 heteroatoms. The molecule has 1 aliphatic heterocycles. The molecule has 1 N–H and O–H groups in total. The highest BCUT2D eigenvalue weighted by Gasteiger charge is 2.23. The summed E-state index contributed by atoms with van der Waals surface area (Å²) in [5, 5.41) is 3.66. The number of nitrogens with zero attached hydrogens (tertiary/aromatic N) is 1. The third-order valence-electron chi connectivity index (χ3n) is 4.24. The summed E-state index contributed by atoms with van der Waals surface area (Å²) < 4.78 is 5.49. The van der Waals surface area contributed by atoms with Crippen LogP contribution in [0, 0.1) is 5.92 Å². The van der Waals surface area contributed by atoms with Crippen LogP contribution in [0.2, 0.25) is 0 Å². The highest BCUT2D eigenvalue weighted by atomic mass is 16.5. The minimum atomic E-state index is 0.563. The van der Waals surface area contributed by atoms with Crippen molar-refractivity contribution in [3.05, 3.63) is 12.2 Å². The summed E-state index contributed by atoms with van der Waals surface area (Å²) in [7, 11) is 0. The Labute approximate surface area is 112 Å². The second-order valence-electron chi connectivity index (χ2n) is 5.82. The predicted molar refractivity (Wildman–Crippen MR) is 75.8 cm³/mol. The fourth-order valence-electron chi connectivity index (χ4n) is 3.05. The molecule has 2 rings (SSSR count). The summed E-state index contributed by atoms with van der Waals surface area (Å²) in [6, 6.07) is 1.18. The molecule has 0 spiro atoms. The van der Waals surface area contributed by atoms with Crippen molar-refractivity contribution >= 4 is 0 Å². The van der Waals surface area contributed by atoms with Crippen molar-refractivity contribution in [2.75, 3.05) is 32.8 Å². The number of rotatable bonds is 5. The quantitative estimate of drug-likeness (QED) is 0.758. The van der Waals surface area contributed by atoms with Crippen molar-refractivity contribution in [1.82, 2.24) is 10.2 Å². The molecule has 0 aromatic rings. The van der Waals surface area contributed by atoms with Gasteiger partial charge in [0.1, 0.15) is 0 Å². The van der Waals surface area contributed by atoms with Crippen LogP contribution in [-0.2, 0) is 4.74 Å². The first-order chi connectivity index (χ1) is 8.77. The number of morpholine rings is 1. The van der Waals surface area contributed by atoms with Crippen LogP contribution < -0.4 is 5.32 Å². The summed E-state index contributed by atoms with van der Waals surface area (Å²) in [4.78, 5) is 2.57. The van der Waals surface area contributed by atoms with E-state index in [9.17, 15) is 0 Å². The molecule has 3 nitrogen and oxygen atoms in total. The molecule has 3 unspecified atom stereocenters. The molecule has 1 fully saturated rings. The Hall–Kier alpha value is -0.380. The molecule has 0 aromatic carbocycles. The van der Waals surface area contributed by atoms with Crippen molar-refractivity contribution in [3.8, 4) is 0 Å². The Morgan fingerprint density at radius 3 is 3.06 bits per heavy atom. The zero-order valence-electron chi connectivity index (χ0n) is 11.9. The van der Waals surface area contributed by atoms with E-state index in [1.165, 1.54) is 25.8 Å². The lowest BCUT2D eigenvalue weighted by Crippen LogP contribution is -2.51. The molecular formula is C15H28N2O. The second-order valence-corrected chi connectivity index (χ2v) is 5.82. The third-order valence-corrected chi connectivity index (χ3v) is 4.24. The Morgan fingerprint density at radius 1 is 1.44 bits per heavy atom. The fourth-order valence-corrected chi connectivity index (χ4v) is 3.05. The molecule has 1 saturated heterocycles. The van der Waals surface area contributed by atoms with E-state index in [1.54, 1.807) is 0 Å². The van der Waals surface area contributed by atoms with E-state index in [-0.39, 0.29) is 0 Å². The average molecular weight is 252 g/mol. The number of nitrogens with one attached hydrogen (secondary N) is 1. The molecule has 18 heavy (non-hydrogen) atoms. The molecule has 3 atom stereocenters. The van der Waals surface area contributed by atoms with Crippen LogP contribution in [0.1, 0.15) is 33.1 Å². The minimum Gasteiger partial charge on any atom is -0.379 e. The van der Waals surface area contributed by atoms with Gasteiger partial charge in [-0.3, -0.25) is 4.90 Å². The molecule has 0 radical (unpaired) electrons. The molecular weight excluding hydrogens is 224 g/mol. The van der Waals surface area contributed by atoms with E-state index >= 15 is 0 Å². The standard InChI is InChI=1S/C15H28N2O/c1-13(17-8-9-18-12-14(17)2)10-16-11-15-6-4-3-5-7-15/h3-4,13-16H,5-12H2,1-2H3. The van der Waals surface area contributed by atoms with Crippen LogP contribution in [0.3, 0.4) is 0 Å². The van der Waals surface area contributed by atoms with Crippen LogP contribution in [0.4, 0.5) is 0 Å². The maximum atomic E-state index is 5.49. The molecule has 0 amide bonds. The van der Waals surface area contributed by atoms with Crippen molar-refractivity contribution in [3.63, 3.8) is 0 Å². The van der Waals surface area contributed by atoms with Crippen LogP contribution >= 0.6 is 0 Å². The molecule has 0 saturated carbocycles. The summed E-state index contributed by atoms with van der Waals surface area (Å²) in [6.45, 7) is 9.73. The largest absolute Gasteiger partial charge is 0.379 e. The lowest BCUT2D eigenvalue weighted by Gasteiger charge is -2.38. The highest BCUT2D eigenvalue weighted by molar-refractivity contribution is 4.90. The van der Waals surface area contributed by atoms with E-state index in [1.807, 2.05) is 0 Å². The smallest absolute Gasteiger partial charge is 0.0619 e. The van der Waals surface area contributed by atoms with Gasteiger partial charge >= 0.3 is 0 Å². The van der Waals surface area contributed by atoms with Gasteiger partial charge < -0.3 is 10.1 Å². The summed E-state index contributed by atoms with van der Waals surface area (Å²) >= 11 is 0. The third kappa shape index (κ3) is 4.08. The van der Waals surface area contributed by atoms with Crippen molar-refractivity contribution in [2.45, 2.75) is 45.2 Å². The first kappa shape index (κ1) is 14.0. The predicted octanol–water partition coefficient (Wildman–Crippen LogP) is 2.04. The van der Waals surface area contributed by atoms with E-state index in [2.05, 4.69) is 36.2 Å². The maximum absolute atomic E-state index is 5.49. The van der Waals surface area contributed by atoms with Gasteiger partial charge in [0.25, 0.3) is 0 Å². The maximum Gasteiger partial charge on any atom is 0.0619 e. The molecule has 0 aromatic heterocycles. The lowest BCUT2D eigenvalue weighted by molar-refractivity contribution is -0.0182. The van der Waals surface area contributed by atoms with Gasteiger partial charge in [-0.2, -0.15) is 0 Å². The van der Waals surface area contributed by atoms with Crippen molar-refractivity contribution in [1.29, 1.82) is 0 Å². The van der Waals surface area contributed by atoms with Gasteiger partial charge in [0.15, 0.2) is 0 Å². The van der Waals surface area contributed by atoms with Gasteiger partial charge in [-0.25, -0.2) is 0 Å². The van der Waals surface area contributed by atoms with Gasteiger partial charge in [-0.05, 0) is 45.6 Å². The first-order valence-corrected chi connectivity index (χ1v) is 7.46. The van der Waals surface area contributed by atoms with Gasteiger partial charge in [0.2, 0.25) is 0 Å². The van der Waals surface area contributed by atoms with Crippen LogP contribution in [0.15, 0.2) is 12.2 Å². The first-order valence-electron chi connectivity index (χ1n) is 7.46. The van der Waals surface area contributed by atoms with E-state index in [4.69, 9.17) is 4.74 Å². The Bertz CT molecular complexity index is 267. The van der Waals surface area contributed by atoms with E-state index in [0.29, 0.717) is 12.1 Å². The van der Waals surface area contributed by atoms with Crippen LogP contribution in [0.25, 0.3) is 0 Å². The molecule has 2 aliphatic rings. The highest BCUT2D eigenvalue weighted by Crippen LogP contribution is 2.17. The van der Waals surface area contributed by atoms with Gasteiger partial charge in [0.05, 0.1) is 13.2 Å². The number of ether oxygens (including phenoxy) is 1. The van der Waals surface area contributed by atoms with Gasteiger partial charge in [0, 0.05) is 25.2 Å². The summed E-state index contributed by atoms with van der Waals surface area (Å²) in [5.41, 5.74) is 0. The number of hydrogen-bond acceptors (Lipinski definition) is 3. The SMILES string of the molecule is CC(CNCC1CC=CCC1)N1CCOCC1C. The van der Waals surface area contributed by atoms with Gasteiger partial charge in [-0.1, -0.05) is 12.2 Å². The zero-order valence-corrected chi connectivity index (χ0v) is 11.9.